The Morgan fingerprint density at radius 1 is 0.810 bits per heavy atom. The third-order valence-corrected chi connectivity index (χ3v) is 3.00. The van der Waals surface area contributed by atoms with Gasteiger partial charge in [0.2, 0.25) is 19.3 Å². The number of nitrogens with zero attached hydrogens (tertiary/aromatic N) is 4. The highest BCUT2D eigenvalue weighted by Crippen LogP contribution is 1.88. The van der Waals surface area contributed by atoms with Gasteiger partial charge in [0, 0.05) is 0 Å². The van der Waals surface area contributed by atoms with Crippen molar-refractivity contribution in [2.75, 3.05) is 0 Å². The fourth-order valence-electron chi connectivity index (χ4n) is 2.01. The van der Waals surface area contributed by atoms with Crippen LogP contribution in [0.15, 0.2) is 87.1 Å². The van der Waals surface area contributed by atoms with Gasteiger partial charge in [0.05, 0.1) is 0 Å². The summed E-state index contributed by atoms with van der Waals surface area (Å²) in [5.74, 6) is 0. The monoisotopic (exact) mass is 282 g/mol. The second kappa shape index (κ2) is 7.85. The molecule has 0 aliphatic rings. The van der Waals surface area contributed by atoms with Gasteiger partial charge >= 0.3 is 0 Å². The van der Waals surface area contributed by atoms with Crippen molar-refractivity contribution in [1.29, 1.82) is 0 Å². The Kier molecular flexibility index (Phi) is 5.52. The van der Waals surface area contributed by atoms with Gasteiger partial charge in [-0.2, -0.15) is 9.13 Å². The number of hydrogen-bond donors (Lipinski definition) is 0. The molecule has 0 N–H and O–H groups in total. The molecule has 2 heterocycles. The molecule has 0 aromatic carbocycles. The van der Waals surface area contributed by atoms with Crippen molar-refractivity contribution in [2.45, 2.75) is 19.8 Å². The first-order chi connectivity index (χ1) is 10.3. The second-order valence-corrected chi connectivity index (χ2v) is 4.72. The average Bonchev–Trinajstić information content (AvgIpc) is 3.10. The summed E-state index contributed by atoms with van der Waals surface area (Å²) in [6, 6.07) is 0. The highest BCUT2D eigenvalue weighted by atomic mass is 15.2. The fourth-order valence-corrected chi connectivity index (χ4v) is 2.01. The third-order valence-electron chi connectivity index (χ3n) is 3.00. The lowest BCUT2D eigenvalue weighted by atomic mass is 10.5. The maximum atomic E-state index is 3.66. The molecule has 0 fully saturated rings. The van der Waals surface area contributed by atoms with Crippen LogP contribution in [0.2, 0.25) is 0 Å². The summed E-state index contributed by atoms with van der Waals surface area (Å²) in [7, 11) is 0. The summed E-state index contributed by atoms with van der Waals surface area (Å²) in [5, 5.41) is 0. The zero-order valence-electron chi connectivity index (χ0n) is 12.3. The first kappa shape index (κ1) is 14.8. The molecule has 2 rings (SSSR count). The van der Waals surface area contributed by atoms with E-state index < -0.39 is 0 Å². The van der Waals surface area contributed by atoms with Gasteiger partial charge in [-0.15, -0.1) is 0 Å². The summed E-state index contributed by atoms with van der Waals surface area (Å²) in [6.07, 6.45) is 24.1. The van der Waals surface area contributed by atoms with Crippen molar-refractivity contribution in [3.05, 3.63) is 87.1 Å². The summed E-state index contributed by atoms with van der Waals surface area (Å²) < 4.78 is 8.55. The maximum Gasteiger partial charge on any atom is 0.247 e. The molecule has 0 atom stereocenters. The van der Waals surface area contributed by atoms with E-state index in [-0.39, 0.29) is 0 Å². The molecule has 0 unspecified atom stereocenters. The van der Waals surface area contributed by atoms with Crippen LogP contribution >= 0.6 is 0 Å². The molecule has 0 saturated heterocycles. The van der Waals surface area contributed by atoms with Gasteiger partial charge in [-0.1, -0.05) is 37.5 Å². The average molecular weight is 282 g/mol. The van der Waals surface area contributed by atoms with E-state index in [1.807, 2.05) is 12.2 Å². The Balaban J connectivity index is 1.92. The first-order valence-corrected chi connectivity index (χ1v) is 6.96. The molecule has 4 heteroatoms. The number of allylic oxidation sites excluding steroid dienone is 6. The minimum absolute atomic E-state index is 0.802. The van der Waals surface area contributed by atoms with Crippen molar-refractivity contribution in [3.63, 3.8) is 0 Å². The first-order valence-electron chi connectivity index (χ1n) is 6.96. The lowest BCUT2D eigenvalue weighted by molar-refractivity contribution is -0.912. The molecule has 21 heavy (non-hydrogen) atoms. The van der Waals surface area contributed by atoms with Crippen LogP contribution in [0.1, 0.15) is 0 Å². The van der Waals surface area contributed by atoms with Crippen LogP contribution in [0.4, 0.5) is 0 Å². The highest BCUT2D eigenvalue weighted by molar-refractivity contribution is 4.97. The van der Waals surface area contributed by atoms with Gasteiger partial charge < -0.3 is 0 Å². The van der Waals surface area contributed by atoms with Crippen LogP contribution in [0.5, 0.6) is 0 Å². The predicted octanol–water partition coefficient (Wildman–Crippen LogP) is 1.85. The van der Waals surface area contributed by atoms with Gasteiger partial charge in [-0.25, -0.2) is 9.13 Å². The molecule has 0 bridgehead atoms. The van der Waals surface area contributed by atoms with Crippen LogP contribution in [-0.4, -0.2) is 9.13 Å². The molecular weight excluding hydrogens is 260 g/mol. The van der Waals surface area contributed by atoms with E-state index in [9.17, 15) is 0 Å². The lowest BCUT2D eigenvalue weighted by Crippen LogP contribution is -2.49. The van der Waals surface area contributed by atoms with Crippen molar-refractivity contribution < 1.29 is 9.13 Å². The Labute approximate surface area is 125 Å². The van der Waals surface area contributed by atoms with Crippen molar-refractivity contribution >= 4 is 0 Å². The Bertz CT molecular complexity index is 587. The van der Waals surface area contributed by atoms with E-state index in [1.54, 1.807) is 12.2 Å². The summed E-state index contributed by atoms with van der Waals surface area (Å²) in [6.45, 7) is 9.85. The number of aromatic nitrogens is 4. The molecule has 0 amide bonds. The Morgan fingerprint density at radius 3 is 1.71 bits per heavy atom. The molecule has 0 aliphatic heterocycles. The normalized spacial score (nSPS) is 11.4. The van der Waals surface area contributed by atoms with Crippen LogP contribution in [-0.2, 0) is 19.8 Å². The maximum absolute atomic E-state index is 3.66. The smallest absolute Gasteiger partial charge is 0.233 e. The van der Waals surface area contributed by atoms with Crippen LogP contribution in [0, 0.1) is 0 Å². The Morgan fingerprint density at radius 2 is 1.29 bits per heavy atom. The number of rotatable bonds is 8. The van der Waals surface area contributed by atoms with Crippen molar-refractivity contribution in [3.8, 4) is 0 Å². The zero-order chi connectivity index (χ0) is 14.9. The van der Waals surface area contributed by atoms with Gasteiger partial charge in [0.1, 0.15) is 37.9 Å². The second-order valence-electron chi connectivity index (χ2n) is 4.72. The summed E-state index contributed by atoms with van der Waals surface area (Å²) in [5.41, 5.74) is 0. The molecule has 0 saturated carbocycles. The minimum Gasteiger partial charge on any atom is -0.233 e. The quantitative estimate of drug-likeness (QED) is 0.519. The van der Waals surface area contributed by atoms with E-state index in [0.717, 1.165) is 19.8 Å². The third kappa shape index (κ3) is 4.76. The largest absolute Gasteiger partial charge is 0.247 e. The van der Waals surface area contributed by atoms with E-state index in [4.69, 9.17) is 0 Å². The molecule has 2 aromatic rings. The van der Waals surface area contributed by atoms with Gasteiger partial charge in [-0.3, -0.25) is 0 Å². The van der Waals surface area contributed by atoms with Crippen LogP contribution in [0.25, 0.3) is 0 Å². The van der Waals surface area contributed by atoms with Gasteiger partial charge in [-0.05, 0) is 12.2 Å². The number of imidazole rings is 2. The van der Waals surface area contributed by atoms with Crippen molar-refractivity contribution in [1.82, 2.24) is 9.13 Å². The number of hydrogen-bond acceptors (Lipinski definition) is 0. The molecule has 0 spiro atoms. The SMILES string of the molecule is C=C/C=C/Cn1cc[n+](C[n+]2ccn(C/C=C/C=C)c2)c1. The highest BCUT2D eigenvalue weighted by Gasteiger charge is 2.07. The van der Waals surface area contributed by atoms with Gasteiger partial charge in [0.25, 0.3) is 0 Å². The van der Waals surface area contributed by atoms with E-state index >= 15 is 0 Å². The zero-order valence-corrected chi connectivity index (χ0v) is 12.3. The van der Waals surface area contributed by atoms with Crippen molar-refractivity contribution in [2.24, 2.45) is 0 Å². The molecular formula is C17H22N4+2. The van der Waals surface area contributed by atoms with E-state index in [1.165, 1.54) is 0 Å². The molecule has 4 nitrogen and oxygen atoms in total. The predicted molar refractivity (Wildman–Crippen MR) is 83.3 cm³/mol. The van der Waals surface area contributed by atoms with Crippen LogP contribution in [0.3, 0.4) is 0 Å². The molecule has 0 radical (unpaired) electrons. The topological polar surface area (TPSA) is 17.6 Å². The van der Waals surface area contributed by atoms with Crippen LogP contribution < -0.4 is 9.13 Å². The summed E-state index contributed by atoms with van der Waals surface area (Å²) >= 11 is 0. The van der Waals surface area contributed by atoms with E-state index in [2.05, 4.69) is 81.0 Å². The molecule has 108 valence electrons. The fraction of sp³-hybridized carbons (Fsp3) is 0.176. The standard InChI is InChI=1S/C17H22N4/c1-3-5-7-9-18-11-13-20(15-18)17-21-14-12-19(16-21)10-8-6-4-2/h3-8,11-16H,1-2,9-10,17H2/q+2/b7-5+,8-6+. The van der Waals surface area contributed by atoms with Gasteiger partial charge in [0.15, 0.2) is 0 Å². The minimum atomic E-state index is 0.802. The molecule has 0 aliphatic carbocycles. The lowest BCUT2D eigenvalue weighted by Gasteiger charge is -1.92. The Hall–Kier alpha value is -2.62. The molecule has 2 aromatic heterocycles. The van der Waals surface area contributed by atoms with E-state index in [0.29, 0.717) is 0 Å². The summed E-state index contributed by atoms with van der Waals surface area (Å²) in [4.78, 5) is 0.